The van der Waals surface area contributed by atoms with Crippen LogP contribution in [0, 0.1) is 0 Å². The Balaban J connectivity index is 2.41. The molecule has 0 aromatic heterocycles. The van der Waals surface area contributed by atoms with E-state index in [2.05, 4.69) is 6.92 Å². The smallest absolute Gasteiger partial charge is 0.300 e. The Kier molecular flexibility index (Phi) is 9.79. The minimum atomic E-state index is -3.85. The van der Waals surface area contributed by atoms with E-state index in [-0.39, 0.29) is 17.3 Å². The summed E-state index contributed by atoms with van der Waals surface area (Å²) in [5.74, 6) is 0.705. The van der Waals surface area contributed by atoms with Crippen molar-refractivity contribution >= 4 is 10.1 Å². The maximum atomic E-state index is 12.3. The highest BCUT2D eigenvalue weighted by Gasteiger charge is 2.21. The Morgan fingerprint density at radius 1 is 0.875 bits per heavy atom. The average molecular weight is 359 g/mol. The van der Waals surface area contributed by atoms with Crippen LogP contribution in [0.4, 0.5) is 0 Å². The number of unbranched alkanes of at least 4 members (excludes halogenated alkanes) is 7. The molecule has 138 valence electrons. The van der Waals surface area contributed by atoms with Crippen LogP contribution < -0.4 is 9.47 Å². The molecule has 0 bridgehead atoms. The Morgan fingerprint density at radius 2 is 1.50 bits per heavy atom. The van der Waals surface area contributed by atoms with E-state index in [1.54, 1.807) is 12.1 Å². The van der Waals surface area contributed by atoms with Crippen molar-refractivity contribution in [3.8, 4) is 11.5 Å². The van der Waals surface area contributed by atoms with Gasteiger partial charge in [0.05, 0.1) is 20.8 Å². The maximum Gasteiger partial charge on any atom is 0.300 e. The third-order valence-corrected chi connectivity index (χ3v) is 5.21. The Labute approximate surface area is 146 Å². The summed E-state index contributed by atoms with van der Waals surface area (Å²) < 4.78 is 40.0. The van der Waals surface area contributed by atoms with Crippen LogP contribution in [-0.4, -0.2) is 29.2 Å². The summed E-state index contributed by atoms with van der Waals surface area (Å²) in [6, 6.07) is 4.63. The molecule has 0 amide bonds. The van der Waals surface area contributed by atoms with Crippen LogP contribution in [0.2, 0.25) is 0 Å². The lowest BCUT2D eigenvalue weighted by Crippen LogP contribution is -2.09. The second kappa shape index (κ2) is 11.3. The van der Waals surface area contributed by atoms with Gasteiger partial charge in [-0.15, -0.1) is 0 Å². The lowest BCUT2D eigenvalue weighted by molar-refractivity contribution is 0.302. The molecular formula is C18H30O5S. The summed E-state index contributed by atoms with van der Waals surface area (Å²) in [5, 5.41) is 0. The van der Waals surface area contributed by atoms with Crippen LogP contribution in [-0.2, 0) is 14.3 Å². The standard InChI is InChI=1S/C18H30O5S/c1-4-5-6-7-8-9-10-11-14-23-24(19,20)18-15-16(21-2)12-13-17(18)22-3/h12-13,15H,4-11,14H2,1-3H3. The molecule has 1 aromatic carbocycles. The highest BCUT2D eigenvalue weighted by molar-refractivity contribution is 7.86. The van der Waals surface area contributed by atoms with Crippen molar-refractivity contribution in [1.82, 2.24) is 0 Å². The average Bonchev–Trinajstić information content (AvgIpc) is 2.59. The van der Waals surface area contributed by atoms with Gasteiger partial charge < -0.3 is 9.47 Å². The van der Waals surface area contributed by atoms with E-state index in [0.717, 1.165) is 19.3 Å². The van der Waals surface area contributed by atoms with E-state index >= 15 is 0 Å². The summed E-state index contributed by atoms with van der Waals surface area (Å²) >= 11 is 0. The highest BCUT2D eigenvalue weighted by atomic mass is 32.2. The lowest BCUT2D eigenvalue weighted by Gasteiger charge is -2.11. The molecule has 0 saturated heterocycles. The van der Waals surface area contributed by atoms with Crippen molar-refractivity contribution in [1.29, 1.82) is 0 Å². The second-order valence-electron chi connectivity index (χ2n) is 5.77. The van der Waals surface area contributed by atoms with Crippen molar-refractivity contribution in [2.24, 2.45) is 0 Å². The van der Waals surface area contributed by atoms with Gasteiger partial charge in [-0.3, -0.25) is 4.18 Å². The van der Waals surface area contributed by atoms with E-state index in [0.29, 0.717) is 5.75 Å². The molecule has 0 aliphatic rings. The molecule has 0 aliphatic heterocycles. The first kappa shape index (κ1) is 20.8. The summed E-state index contributed by atoms with van der Waals surface area (Å²) in [7, 11) is -0.930. The zero-order valence-electron chi connectivity index (χ0n) is 15.0. The maximum absolute atomic E-state index is 12.3. The van der Waals surface area contributed by atoms with Gasteiger partial charge in [0.25, 0.3) is 0 Å². The van der Waals surface area contributed by atoms with Gasteiger partial charge in [0.1, 0.15) is 16.4 Å². The summed E-state index contributed by atoms with van der Waals surface area (Å²) in [5.41, 5.74) is 0. The molecule has 1 rings (SSSR count). The molecule has 0 unspecified atom stereocenters. The molecule has 0 N–H and O–H groups in total. The van der Waals surface area contributed by atoms with Crippen LogP contribution >= 0.6 is 0 Å². The normalized spacial score (nSPS) is 11.5. The fourth-order valence-electron chi connectivity index (χ4n) is 2.45. The molecule has 6 heteroatoms. The van der Waals surface area contributed by atoms with Gasteiger partial charge in [-0.25, -0.2) is 0 Å². The predicted octanol–water partition coefficient (Wildman–Crippen LogP) is 4.55. The van der Waals surface area contributed by atoms with Crippen LogP contribution in [0.3, 0.4) is 0 Å². The van der Waals surface area contributed by atoms with Crippen molar-refractivity contribution < 1.29 is 22.1 Å². The molecule has 0 aliphatic carbocycles. The first-order valence-electron chi connectivity index (χ1n) is 8.66. The van der Waals surface area contributed by atoms with Crippen molar-refractivity contribution in [3.63, 3.8) is 0 Å². The Bertz CT molecular complexity index is 569. The third-order valence-electron chi connectivity index (χ3n) is 3.88. The van der Waals surface area contributed by atoms with Crippen molar-refractivity contribution in [2.45, 2.75) is 63.2 Å². The monoisotopic (exact) mass is 358 g/mol. The minimum absolute atomic E-state index is 0.00363. The van der Waals surface area contributed by atoms with Crippen LogP contribution in [0.1, 0.15) is 58.3 Å². The topological polar surface area (TPSA) is 61.8 Å². The molecule has 0 spiro atoms. The van der Waals surface area contributed by atoms with E-state index in [9.17, 15) is 8.42 Å². The van der Waals surface area contributed by atoms with Gasteiger partial charge in [-0.1, -0.05) is 51.9 Å². The molecule has 1 aromatic rings. The predicted molar refractivity (Wildman–Crippen MR) is 95.3 cm³/mol. The van der Waals surface area contributed by atoms with E-state index in [1.807, 2.05) is 0 Å². The van der Waals surface area contributed by atoms with E-state index in [4.69, 9.17) is 13.7 Å². The Morgan fingerprint density at radius 3 is 2.08 bits per heavy atom. The summed E-state index contributed by atoms with van der Waals surface area (Å²) in [6.45, 7) is 2.40. The molecule has 0 fully saturated rings. The lowest BCUT2D eigenvalue weighted by atomic mass is 10.1. The van der Waals surface area contributed by atoms with Gasteiger partial charge in [0, 0.05) is 6.07 Å². The fraction of sp³-hybridized carbons (Fsp3) is 0.667. The van der Waals surface area contributed by atoms with Gasteiger partial charge in [0.15, 0.2) is 0 Å². The number of benzene rings is 1. The zero-order valence-corrected chi connectivity index (χ0v) is 15.9. The fourth-order valence-corrected chi connectivity index (χ4v) is 3.57. The third kappa shape index (κ3) is 7.09. The quantitative estimate of drug-likeness (QED) is 0.382. The molecule has 24 heavy (non-hydrogen) atoms. The number of methoxy groups -OCH3 is 2. The number of hydrogen-bond donors (Lipinski definition) is 0. The number of ether oxygens (including phenoxy) is 2. The van der Waals surface area contributed by atoms with E-state index in [1.165, 1.54) is 52.4 Å². The van der Waals surface area contributed by atoms with Crippen LogP contribution in [0.15, 0.2) is 23.1 Å². The SMILES string of the molecule is CCCCCCCCCCOS(=O)(=O)c1cc(OC)ccc1OC. The molecule has 0 atom stereocenters. The summed E-state index contributed by atoms with van der Waals surface area (Å²) in [4.78, 5) is 0.00363. The zero-order chi connectivity index (χ0) is 17.8. The van der Waals surface area contributed by atoms with Crippen LogP contribution in [0.25, 0.3) is 0 Å². The first-order valence-corrected chi connectivity index (χ1v) is 10.1. The molecule has 5 nitrogen and oxygen atoms in total. The van der Waals surface area contributed by atoms with Crippen LogP contribution in [0.5, 0.6) is 11.5 Å². The summed E-state index contributed by atoms with van der Waals surface area (Å²) in [6.07, 6.45) is 9.14. The van der Waals surface area contributed by atoms with Gasteiger partial charge >= 0.3 is 10.1 Å². The number of rotatable bonds is 13. The van der Waals surface area contributed by atoms with Crippen molar-refractivity contribution in [2.75, 3.05) is 20.8 Å². The van der Waals surface area contributed by atoms with Crippen molar-refractivity contribution in [3.05, 3.63) is 18.2 Å². The Hall–Kier alpha value is -1.27. The number of hydrogen-bond acceptors (Lipinski definition) is 5. The molecular weight excluding hydrogens is 328 g/mol. The van der Waals surface area contributed by atoms with Gasteiger partial charge in [-0.05, 0) is 18.6 Å². The molecule has 0 radical (unpaired) electrons. The molecule has 0 heterocycles. The molecule has 0 saturated carbocycles. The first-order chi connectivity index (χ1) is 11.5. The largest absolute Gasteiger partial charge is 0.497 e. The second-order valence-corrected chi connectivity index (χ2v) is 7.35. The highest BCUT2D eigenvalue weighted by Crippen LogP contribution is 2.29. The van der Waals surface area contributed by atoms with Gasteiger partial charge in [-0.2, -0.15) is 8.42 Å². The minimum Gasteiger partial charge on any atom is -0.497 e. The van der Waals surface area contributed by atoms with E-state index < -0.39 is 10.1 Å². The van der Waals surface area contributed by atoms with Gasteiger partial charge in [0.2, 0.25) is 0 Å².